The van der Waals surface area contributed by atoms with Crippen molar-refractivity contribution in [3.05, 3.63) is 23.8 Å². The first-order chi connectivity index (χ1) is 9.25. The second-order valence-electron chi connectivity index (χ2n) is 5.16. The van der Waals surface area contributed by atoms with Gasteiger partial charge in [-0.3, -0.25) is 0 Å². The average Bonchev–Trinajstić information content (AvgIpc) is 2.87. The van der Waals surface area contributed by atoms with E-state index in [1.54, 1.807) is 0 Å². The molecule has 0 aliphatic carbocycles. The lowest BCUT2D eigenvalue weighted by Crippen LogP contribution is -2.48. The number of ether oxygens (including phenoxy) is 3. The van der Waals surface area contributed by atoms with Crippen LogP contribution in [0.15, 0.2) is 18.2 Å². The van der Waals surface area contributed by atoms with Crippen LogP contribution in [-0.4, -0.2) is 51.6 Å². The summed E-state index contributed by atoms with van der Waals surface area (Å²) in [6.45, 7) is 2.74. The Kier molecular flexibility index (Phi) is 3.59. The zero-order valence-corrected chi connectivity index (χ0v) is 11.4. The molecule has 0 aromatic heterocycles. The van der Waals surface area contributed by atoms with Crippen LogP contribution in [0.1, 0.15) is 11.6 Å². The number of likely N-dealkylation sites (N-methyl/N-ethyl adjacent to an activating group) is 1. The maximum atomic E-state index is 5.58. The first-order valence-corrected chi connectivity index (χ1v) is 6.63. The summed E-state index contributed by atoms with van der Waals surface area (Å²) in [6.07, 6.45) is 0. The van der Waals surface area contributed by atoms with Gasteiger partial charge >= 0.3 is 0 Å². The van der Waals surface area contributed by atoms with Crippen LogP contribution in [-0.2, 0) is 4.74 Å². The molecule has 1 aromatic carbocycles. The van der Waals surface area contributed by atoms with Gasteiger partial charge in [-0.2, -0.15) is 0 Å². The molecule has 0 radical (unpaired) electrons. The highest BCUT2D eigenvalue weighted by Crippen LogP contribution is 2.36. The van der Waals surface area contributed by atoms with E-state index in [9.17, 15) is 0 Å². The molecular weight excluding hydrogens is 244 g/mol. The molecule has 2 unspecified atom stereocenters. The Hall–Kier alpha value is -1.30. The van der Waals surface area contributed by atoms with Crippen LogP contribution in [0.3, 0.4) is 0 Å². The van der Waals surface area contributed by atoms with Crippen molar-refractivity contribution in [1.82, 2.24) is 10.2 Å². The Morgan fingerprint density at radius 2 is 2.11 bits per heavy atom. The Balaban J connectivity index is 1.87. The van der Waals surface area contributed by atoms with E-state index in [0.717, 1.165) is 31.3 Å². The minimum Gasteiger partial charge on any atom is -0.454 e. The predicted molar refractivity (Wildman–Crippen MR) is 71.6 cm³/mol. The van der Waals surface area contributed by atoms with Crippen molar-refractivity contribution >= 4 is 0 Å². The highest BCUT2D eigenvalue weighted by molar-refractivity contribution is 5.45. The molecule has 2 heterocycles. The molecule has 2 aliphatic rings. The number of morpholine rings is 1. The Bertz CT molecular complexity index is 444. The summed E-state index contributed by atoms with van der Waals surface area (Å²) in [5.41, 5.74) is 1.22. The van der Waals surface area contributed by atoms with Gasteiger partial charge in [0.05, 0.1) is 25.3 Å². The van der Waals surface area contributed by atoms with Gasteiger partial charge in [0.25, 0.3) is 0 Å². The highest BCUT2D eigenvalue weighted by Gasteiger charge is 2.28. The minimum absolute atomic E-state index is 0.259. The fourth-order valence-corrected chi connectivity index (χ4v) is 2.78. The van der Waals surface area contributed by atoms with Crippen molar-refractivity contribution in [2.24, 2.45) is 0 Å². The highest BCUT2D eigenvalue weighted by atomic mass is 16.7. The molecule has 2 atom stereocenters. The van der Waals surface area contributed by atoms with Gasteiger partial charge in [-0.1, -0.05) is 6.07 Å². The number of rotatable bonds is 3. The van der Waals surface area contributed by atoms with Crippen molar-refractivity contribution < 1.29 is 14.2 Å². The van der Waals surface area contributed by atoms with Gasteiger partial charge in [-0.25, -0.2) is 0 Å². The average molecular weight is 264 g/mol. The SMILES string of the molecule is CN(C)C(c1ccc2c(c1)OCO2)C1COCCN1. The van der Waals surface area contributed by atoms with Crippen molar-refractivity contribution in [3.8, 4) is 11.5 Å². The third-order valence-corrected chi connectivity index (χ3v) is 3.63. The lowest BCUT2D eigenvalue weighted by atomic mass is 9.97. The van der Waals surface area contributed by atoms with Crippen molar-refractivity contribution in [2.45, 2.75) is 12.1 Å². The molecule has 5 nitrogen and oxygen atoms in total. The Labute approximate surface area is 113 Å². The number of hydrogen-bond donors (Lipinski definition) is 1. The predicted octanol–water partition coefficient (Wildman–Crippen LogP) is 1.01. The molecular formula is C14H20N2O3. The van der Waals surface area contributed by atoms with Crippen LogP contribution in [0.25, 0.3) is 0 Å². The number of nitrogens with zero attached hydrogens (tertiary/aromatic N) is 1. The summed E-state index contributed by atoms with van der Waals surface area (Å²) in [5.74, 6) is 1.66. The fraction of sp³-hybridized carbons (Fsp3) is 0.571. The van der Waals surface area contributed by atoms with Crippen LogP contribution < -0.4 is 14.8 Å². The molecule has 1 fully saturated rings. The monoisotopic (exact) mass is 264 g/mol. The number of benzene rings is 1. The van der Waals surface area contributed by atoms with E-state index < -0.39 is 0 Å². The zero-order valence-electron chi connectivity index (χ0n) is 11.4. The van der Waals surface area contributed by atoms with Crippen molar-refractivity contribution in [1.29, 1.82) is 0 Å². The van der Waals surface area contributed by atoms with Gasteiger partial charge < -0.3 is 24.4 Å². The summed E-state index contributed by atoms with van der Waals surface area (Å²) in [7, 11) is 4.18. The molecule has 0 bridgehead atoms. The van der Waals surface area contributed by atoms with E-state index in [0.29, 0.717) is 12.8 Å². The second kappa shape index (κ2) is 5.36. The maximum absolute atomic E-state index is 5.58. The van der Waals surface area contributed by atoms with Crippen LogP contribution >= 0.6 is 0 Å². The maximum Gasteiger partial charge on any atom is 0.231 e. The molecule has 1 N–H and O–H groups in total. The molecule has 3 rings (SSSR count). The molecule has 19 heavy (non-hydrogen) atoms. The largest absolute Gasteiger partial charge is 0.454 e. The van der Waals surface area contributed by atoms with E-state index in [1.165, 1.54) is 5.56 Å². The van der Waals surface area contributed by atoms with Gasteiger partial charge in [0.2, 0.25) is 6.79 Å². The third-order valence-electron chi connectivity index (χ3n) is 3.63. The van der Waals surface area contributed by atoms with Gasteiger partial charge in [0, 0.05) is 6.54 Å². The van der Waals surface area contributed by atoms with Gasteiger partial charge in [-0.05, 0) is 31.8 Å². The quantitative estimate of drug-likeness (QED) is 0.882. The molecule has 0 saturated carbocycles. The van der Waals surface area contributed by atoms with E-state index >= 15 is 0 Å². The van der Waals surface area contributed by atoms with E-state index in [4.69, 9.17) is 14.2 Å². The van der Waals surface area contributed by atoms with Gasteiger partial charge in [0.1, 0.15) is 0 Å². The van der Waals surface area contributed by atoms with Gasteiger partial charge in [-0.15, -0.1) is 0 Å². The Morgan fingerprint density at radius 3 is 2.84 bits per heavy atom. The van der Waals surface area contributed by atoms with Crippen LogP contribution in [0.2, 0.25) is 0 Å². The topological polar surface area (TPSA) is 43.0 Å². The lowest BCUT2D eigenvalue weighted by molar-refractivity contribution is 0.0459. The molecule has 0 amide bonds. The molecule has 2 aliphatic heterocycles. The minimum atomic E-state index is 0.259. The molecule has 5 heteroatoms. The summed E-state index contributed by atoms with van der Waals surface area (Å²) in [4.78, 5) is 2.21. The number of nitrogens with one attached hydrogen (secondary N) is 1. The van der Waals surface area contributed by atoms with E-state index in [1.807, 2.05) is 6.07 Å². The number of fused-ring (bicyclic) bond motifs is 1. The summed E-state index contributed by atoms with van der Waals surface area (Å²) in [5, 5.41) is 3.53. The number of hydrogen-bond acceptors (Lipinski definition) is 5. The van der Waals surface area contributed by atoms with Gasteiger partial charge in [0.15, 0.2) is 11.5 Å². The van der Waals surface area contributed by atoms with Crippen molar-refractivity contribution in [3.63, 3.8) is 0 Å². The summed E-state index contributed by atoms with van der Waals surface area (Å²) >= 11 is 0. The summed E-state index contributed by atoms with van der Waals surface area (Å²) in [6, 6.07) is 6.72. The van der Waals surface area contributed by atoms with Crippen LogP contribution in [0, 0.1) is 0 Å². The first-order valence-electron chi connectivity index (χ1n) is 6.63. The standard InChI is InChI=1S/C14H20N2O3/c1-16(2)14(11-8-17-6-5-15-11)10-3-4-12-13(7-10)19-9-18-12/h3-4,7,11,14-15H,5-6,8-9H2,1-2H3. The van der Waals surface area contributed by atoms with E-state index in [2.05, 4.69) is 36.4 Å². The lowest BCUT2D eigenvalue weighted by Gasteiger charge is -2.35. The normalized spacial score (nSPS) is 23.6. The van der Waals surface area contributed by atoms with Crippen molar-refractivity contribution in [2.75, 3.05) is 40.6 Å². The Morgan fingerprint density at radius 1 is 1.26 bits per heavy atom. The first kappa shape index (κ1) is 12.7. The zero-order chi connectivity index (χ0) is 13.2. The fourth-order valence-electron chi connectivity index (χ4n) is 2.78. The third kappa shape index (κ3) is 2.54. The molecule has 104 valence electrons. The van der Waals surface area contributed by atoms with E-state index in [-0.39, 0.29) is 6.04 Å². The molecule has 1 saturated heterocycles. The second-order valence-corrected chi connectivity index (χ2v) is 5.16. The smallest absolute Gasteiger partial charge is 0.231 e. The van der Waals surface area contributed by atoms with Crippen LogP contribution in [0.5, 0.6) is 11.5 Å². The molecule has 0 spiro atoms. The van der Waals surface area contributed by atoms with Crippen LogP contribution in [0.4, 0.5) is 0 Å². The summed E-state index contributed by atoms with van der Waals surface area (Å²) < 4.78 is 16.4. The molecule has 1 aromatic rings.